The molecule has 1 saturated heterocycles. The number of hydrogen-bond acceptors (Lipinski definition) is 3. The molecule has 1 amide bonds. The Kier molecular flexibility index (Phi) is 4.99. The Balaban J connectivity index is 1.55. The van der Waals surface area contributed by atoms with Crippen molar-refractivity contribution in [2.24, 2.45) is 0 Å². The van der Waals surface area contributed by atoms with E-state index in [1.807, 2.05) is 22.7 Å². The number of benzene rings is 1. The fourth-order valence-corrected chi connectivity index (χ4v) is 3.85. The van der Waals surface area contributed by atoms with Crippen LogP contribution in [0.25, 0.3) is 5.57 Å². The second-order valence-electron chi connectivity index (χ2n) is 5.62. The van der Waals surface area contributed by atoms with Crippen LogP contribution < -0.4 is 5.32 Å². The highest BCUT2D eigenvalue weighted by Crippen LogP contribution is 2.22. The molecule has 1 aromatic carbocycles. The van der Waals surface area contributed by atoms with E-state index >= 15 is 0 Å². The van der Waals surface area contributed by atoms with Crippen LogP contribution in [0.5, 0.6) is 0 Å². The molecule has 0 bridgehead atoms. The quantitative estimate of drug-likeness (QED) is 0.930. The lowest BCUT2D eigenvalue weighted by Crippen LogP contribution is -2.43. The lowest BCUT2D eigenvalue weighted by molar-refractivity contribution is -0.131. The van der Waals surface area contributed by atoms with Crippen LogP contribution in [0.1, 0.15) is 18.4 Å². The Morgan fingerprint density at radius 3 is 2.86 bits per heavy atom. The predicted molar refractivity (Wildman–Crippen MR) is 89.3 cm³/mol. The molecule has 0 radical (unpaired) electrons. The van der Waals surface area contributed by atoms with Gasteiger partial charge in [-0.1, -0.05) is 36.4 Å². The summed E-state index contributed by atoms with van der Waals surface area (Å²) in [5.41, 5.74) is 2.65. The van der Waals surface area contributed by atoms with Gasteiger partial charge >= 0.3 is 0 Å². The molecule has 0 spiro atoms. The molecule has 1 aromatic rings. The number of nitrogens with one attached hydrogen (secondary N) is 1. The van der Waals surface area contributed by atoms with Crippen LogP contribution in [-0.4, -0.2) is 48.0 Å². The molecule has 1 N–H and O–H groups in total. The summed E-state index contributed by atoms with van der Waals surface area (Å²) in [4.78, 5) is 14.4. The van der Waals surface area contributed by atoms with E-state index in [1.165, 1.54) is 11.1 Å². The van der Waals surface area contributed by atoms with Crippen LogP contribution in [0, 0.1) is 0 Å². The van der Waals surface area contributed by atoms with Gasteiger partial charge in [0.05, 0.1) is 0 Å². The van der Waals surface area contributed by atoms with Gasteiger partial charge in [-0.05, 0) is 17.6 Å². The molecule has 3 rings (SSSR count). The maximum absolute atomic E-state index is 12.4. The van der Waals surface area contributed by atoms with Crippen molar-refractivity contribution in [2.45, 2.75) is 18.9 Å². The third-order valence-corrected chi connectivity index (χ3v) is 5.26. The maximum Gasteiger partial charge on any atom is 0.224 e. The van der Waals surface area contributed by atoms with Crippen molar-refractivity contribution >= 4 is 23.2 Å². The zero-order valence-corrected chi connectivity index (χ0v) is 13.1. The van der Waals surface area contributed by atoms with Gasteiger partial charge in [0.1, 0.15) is 0 Å². The van der Waals surface area contributed by atoms with Crippen molar-refractivity contribution < 1.29 is 4.79 Å². The fraction of sp³-hybridized carbons (Fsp3) is 0.471. The van der Waals surface area contributed by atoms with Crippen molar-refractivity contribution in [3.05, 3.63) is 42.0 Å². The molecular weight excluding hydrogens is 280 g/mol. The van der Waals surface area contributed by atoms with E-state index in [9.17, 15) is 4.79 Å². The zero-order chi connectivity index (χ0) is 14.5. The minimum absolute atomic E-state index is 0.290. The smallest absolute Gasteiger partial charge is 0.224 e. The number of nitrogens with zero attached hydrogens (tertiary/aromatic N) is 1. The van der Waals surface area contributed by atoms with Crippen LogP contribution in [-0.2, 0) is 4.79 Å². The van der Waals surface area contributed by atoms with Gasteiger partial charge in [-0.3, -0.25) is 4.79 Å². The number of hydrogen-bond donors (Lipinski definition) is 1. The third-order valence-electron chi connectivity index (χ3n) is 4.13. The van der Waals surface area contributed by atoms with Crippen LogP contribution >= 0.6 is 11.8 Å². The molecule has 112 valence electrons. The highest BCUT2D eigenvalue weighted by molar-refractivity contribution is 7.99. The van der Waals surface area contributed by atoms with Crippen LogP contribution in [0.4, 0.5) is 0 Å². The fourth-order valence-electron chi connectivity index (χ4n) is 2.90. The molecule has 4 heteroatoms. The standard InChI is InChI=1S/C17H22N2OS/c20-17(12-16-13-21-11-8-18-16)19-9-6-15(7-10-19)14-4-2-1-3-5-14/h1-6,16,18H,7-13H2. The third kappa shape index (κ3) is 3.89. The van der Waals surface area contributed by atoms with Crippen LogP contribution in [0.2, 0.25) is 0 Å². The van der Waals surface area contributed by atoms with E-state index in [0.717, 1.165) is 37.6 Å². The molecule has 1 atom stereocenters. The number of thioether (sulfide) groups is 1. The van der Waals surface area contributed by atoms with Crippen molar-refractivity contribution in [1.82, 2.24) is 10.2 Å². The minimum atomic E-state index is 0.290. The molecule has 2 heterocycles. The summed E-state index contributed by atoms with van der Waals surface area (Å²) in [6, 6.07) is 10.8. The molecule has 2 aliphatic rings. The van der Waals surface area contributed by atoms with E-state index in [0.29, 0.717) is 18.4 Å². The maximum atomic E-state index is 12.4. The first kappa shape index (κ1) is 14.7. The highest BCUT2D eigenvalue weighted by Gasteiger charge is 2.22. The normalized spacial score (nSPS) is 22.8. The second-order valence-corrected chi connectivity index (χ2v) is 6.77. The molecule has 21 heavy (non-hydrogen) atoms. The van der Waals surface area contributed by atoms with Crippen LogP contribution in [0.15, 0.2) is 36.4 Å². The molecular formula is C17H22N2OS. The molecule has 1 unspecified atom stereocenters. The summed E-state index contributed by atoms with van der Waals surface area (Å²) >= 11 is 1.94. The van der Waals surface area contributed by atoms with Gasteiger partial charge < -0.3 is 10.2 Å². The predicted octanol–water partition coefficient (Wildman–Crippen LogP) is 2.40. The average molecular weight is 302 g/mol. The largest absolute Gasteiger partial charge is 0.339 e. The first-order valence-electron chi connectivity index (χ1n) is 7.66. The van der Waals surface area contributed by atoms with E-state index in [1.54, 1.807) is 0 Å². The molecule has 0 saturated carbocycles. The molecule has 2 aliphatic heterocycles. The average Bonchev–Trinajstić information content (AvgIpc) is 2.57. The van der Waals surface area contributed by atoms with Gasteiger partial charge in [0.15, 0.2) is 0 Å². The van der Waals surface area contributed by atoms with Gasteiger partial charge in [-0.2, -0.15) is 11.8 Å². The molecule has 0 aliphatic carbocycles. The van der Waals surface area contributed by atoms with Gasteiger partial charge in [0.2, 0.25) is 5.91 Å². The van der Waals surface area contributed by atoms with Gasteiger partial charge in [-0.25, -0.2) is 0 Å². The summed E-state index contributed by atoms with van der Waals surface area (Å²) < 4.78 is 0. The summed E-state index contributed by atoms with van der Waals surface area (Å²) in [6.45, 7) is 2.63. The lowest BCUT2D eigenvalue weighted by Gasteiger charge is -2.29. The minimum Gasteiger partial charge on any atom is -0.339 e. The zero-order valence-electron chi connectivity index (χ0n) is 12.3. The first-order valence-corrected chi connectivity index (χ1v) is 8.82. The second kappa shape index (κ2) is 7.14. The number of carbonyl (C=O) groups is 1. The summed E-state index contributed by atoms with van der Waals surface area (Å²) in [5, 5.41) is 3.44. The molecule has 3 nitrogen and oxygen atoms in total. The van der Waals surface area contributed by atoms with Crippen molar-refractivity contribution in [2.75, 3.05) is 31.1 Å². The van der Waals surface area contributed by atoms with E-state index in [2.05, 4.69) is 35.7 Å². The topological polar surface area (TPSA) is 32.3 Å². The summed E-state index contributed by atoms with van der Waals surface area (Å²) in [7, 11) is 0. The van der Waals surface area contributed by atoms with Crippen molar-refractivity contribution in [1.29, 1.82) is 0 Å². The highest BCUT2D eigenvalue weighted by atomic mass is 32.2. The number of rotatable bonds is 3. The first-order chi connectivity index (χ1) is 10.3. The SMILES string of the molecule is O=C(CC1CSCCN1)N1CC=C(c2ccccc2)CC1. The Labute approximate surface area is 130 Å². The molecule has 1 fully saturated rings. The number of amides is 1. The van der Waals surface area contributed by atoms with Crippen molar-refractivity contribution in [3.63, 3.8) is 0 Å². The lowest BCUT2D eigenvalue weighted by atomic mass is 9.99. The Bertz CT molecular complexity index is 509. The molecule has 0 aromatic heterocycles. The van der Waals surface area contributed by atoms with Crippen molar-refractivity contribution in [3.8, 4) is 0 Å². The summed E-state index contributed by atoms with van der Waals surface area (Å²) in [5.74, 6) is 2.51. The van der Waals surface area contributed by atoms with E-state index in [-0.39, 0.29) is 0 Å². The summed E-state index contributed by atoms with van der Waals surface area (Å²) in [6.07, 6.45) is 3.81. The van der Waals surface area contributed by atoms with Crippen LogP contribution in [0.3, 0.4) is 0 Å². The number of carbonyl (C=O) groups excluding carboxylic acids is 1. The van der Waals surface area contributed by atoms with E-state index in [4.69, 9.17) is 0 Å². The monoisotopic (exact) mass is 302 g/mol. The van der Waals surface area contributed by atoms with Gasteiger partial charge in [0.25, 0.3) is 0 Å². The van der Waals surface area contributed by atoms with Gasteiger partial charge in [0, 0.05) is 43.6 Å². The Morgan fingerprint density at radius 1 is 1.33 bits per heavy atom. The van der Waals surface area contributed by atoms with E-state index < -0.39 is 0 Å². The Morgan fingerprint density at radius 2 is 2.19 bits per heavy atom. The van der Waals surface area contributed by atoms with Gasteiger partial charge in [-0.15, -0.1) is 0 Å². The Hall–Kier alpha value is -1.26.